The zero-order valence-corrected chi connectivity index (χ0v) is 16.6. The summed E-state index contributed by atoms with van der Waals surface area (Å²) in [6.45, 7) is 3.91. The van der Waals surface area contributed by atoms with Crippen molar-refractivity contribution in [1.82, 2.24) is 0 Å². The topological polar surface area (TPSA) is 84.9 Å². The van der Waals surface area contributed by atoms with E-state index in [9.17, 15) is 14.4 Å². The number of esters is 1. The van der Waals surface area contributed by atoms with Gasteiger partial charge < -0.3 is 19.7 Å². The maximum absolute atomic E-state index is 12.0. The molecule has 29 heavy (non-hydrogen) atoms. The Bertz CT molecular complexity index is 908. The van der Waals surface area contributed by atoms with Crippen molar-refractivity contribution in [3.8, 4) is 5.75 Å². The number of nitrogens with one attached hydrogen (secondary N) is 1. The predicted octanol–water partition coefficient (Wildman–Crippen LogP) is 2.99. The molecule has 7 heteroatoms. The van der Waals surface area contributed by atoms with Crippen molar-refractivity contribution >= 4 is 29.2 Å². The van der Waals surface area contributed by atoms with E-state index in [1.54, 1.807) is 35.2 Å². The summed E-state index contributed by atoms with van der Waals surface area (Å²) in [4.78, 5) is 37.3. The number of hydrogen-bond donors (Lipinski definition) is 1. The lowest BCUT2D eigenvalue weighted by Crippen LogP contribution is -2.24. The molecule has 1 N–H and O–H groups in total. The van der Waals surface area contributed by atoms with Gasteiger partial charge in [-0.2, -0.15) is 0 Å². The lowest BCUT2D eigenvalue weighted by molar-refractivity contribution is -0.149. The molecule has 3 rings (SSSR count). The molecular formula is C22H24N2O5. The summed E-state index contributed by atoms with van der Waals surface area (Å²) in [5.41, 5.74) is 3.40. The van der Waals surface area contributed by atoms with Crippen molar-refractivity contribution < 1.29 is 23.9 Å². The number of ether oxygens (including phenoxy) is 2. The zero-order chi connectivity index (χ0) is 20.8. The molecule has 7 nitrogen and oxygen atoms in total. The van der Waals surface area contributed by atoms with Crippen LogP contribution in [0, 0.1) is 13.8 Å². The van der Waals surface area contributed by atoms with Gasteiger partial charge in [0, 0.05) is 24.3 Å². The van der Waals surface area contributed by atoms with E-state index in [1.807, 2.05) is 26.0 Å². The normalized spacial score (nSPS) is 13.3. The summed E-state index contributed by atoms with van der Waals surface area (Å²) >= 11 is 0. The Kier molecular flexibility index (Phi) is 6.49. The third kappa shape index (κ3) is 5.57. The van der Waals surface area contributed by atoms with Crippen LogP contribution in [-0.2, 0) is 19.1 Å². The highest BCUT2D eigenvalue weighted by atomic mass is 16.6. The summed E-state index contributed by atoms with van der Waals surface area (Å²) in [6.07, 6.45) is 1.42. The first-order valence-corrected chi connectivity index (χ1v) is 9.48. The molecule has 1 aliphatic heterocycles. The van der Waals surface area contributed by atoms with Crippen LogP contribution in [0.25, 0.3) is 0 Å². The lowest BCUT2D eigenvalue weighted by atomic mass is 10.1. The van der Waals surface area contributed by atoms with Crippen LogP contribution < -0.4 is 15.0 Å². The fraction of sp³-hybridized carbons (Fsp3) is 0.318. The number of anilines is 2. The number of aryl methyl sites for hydroxylation is 2. The number of hydrogen-bond acceptors (Lipinski definition) is 5. The second-order valence-corrected chi connectivity index (χ2v) is 6.96. The van der Waals surface area contributed by atoms with Gasteiger partial charge in [-0.15, -0.1) is 0 Å². The highest BCUT2D eigenvalue weighted by Crippen LogP contribution is 2.23. The second kappa shape index (κ2) is 9.23. The number of amides is 2. The molecule has 152 valence electrons. The van der Waals surface area contributed by atoms with E-state index in [-0.39, 0.29) is 12.5 Å². The molecule has 1 heterocycles. The Hall–Kier alpha value is -3.35. The van der Waals surface area contributed by atoms with Gasteiger partial charge in [0.25, 0.3) is 5.91 Å². The van der Waals surface area contributed by atoms with Crippen LogP contribution in [0.4, 0.5) is 11.4 Å². The van der Waals surface area contributed by atoms with Crippen molar-refractivity contribution in [3.63, 3.8) is 0 Å². The minimum Gasteiger partial charge on any atom is -0.482 e. The maximum atomic E-state index is 12.0. The van der Waals surface area contributed by atoms with Gasteiger partial charge in [-0.05, 0) is 56.2 Å². The van der Waals surface area contributed by atoms with Gasteiger partial charge in [-0.3, -0.25) is 9.59 Å². The molecule has 0 bridgehead atoms. The lowest BCUT2D eigenvalue weighted by Gasteiger charge is -2.16. The van der Waals surface area contributed by atoms with Crippen LogP contribution in [0.5, 0.6) is 5.75 Å². The van der Waals surface area contributed by atoms with Crippen LogP contribution in [-0.4, -0.2) is 37.5 Å². The Balaban J connectivity index is 1.42. The van der Waals surface area contributed by atoms with Gasteiger partial charge in [0.2, 0.25) is 5.91 Å². The smallest absolute Gasteiger partial charge is 0.344 e. The average Bonchev–Trinajstić information content (AvgIpc) is 3.12. The maximum Gasteiger partial charge on any atom is 0.344 e. The van der Waals surface area contributed by atoms with Gasteiger partial charge in [0.15, 0.2) is 13.2 Å². The molecule has 2 amide bonds. The predicted molar refractivity (Wildman–Crippen MR) is 109 cm³/mol. The van der Waals surface area contributed by atoms with E-state index in [4.69, 9.17) is 9.47 Å². The van der Waals surface area contributed by atoms with Crippen molar-refractivity contribution in [3.05, 3.63) is 53.6 Å². The highest BCUT2D eigenvalue weighted by Gasteiger charge is 2.21. The van der Waals surface area contributed by atoms with Crippen LogP contribution in [0.2, 0.25) is 0 Å². The first kappa shape index (κ1) is 20.4. The quantitative estimate of drug-likeness (QED) is 0.728. The molecule has 1 fully saturated rings. The summed E-state index contributed by atoms with van der Waals surface area (Å²) < 4.78 is 10.4. The highest BCUT2D eigenvalue weighted by molar-refractivity contribution is 5.96. The minimum atomic E-state index is -0.622. The molecular weight excluding hydrogens is 372 g/mol. The Morgan fingerprint density at radius 2 is 1.83 bits per heavy atom. The van der Waals surface area contributed by atoms with E-state index in [1.165, 1.54) is 0 Å². The van der Waals surface area contributed by atoms with Gasteiger partial charge in [-0.1, -0.05) is 17.7 Å². The van der Waals surface area contributed by atoms with E-state index < -0.39 is 18.5 Å². The van der Waals surface area contributed by atoms with Crippen molar-refractivity contribution in [2.24, 2.45) is 0 Å². The number of carbonyl (C=O) groups is 3. The van der Waals surface area contributed by atoms with E-state index in [0.29, 0.717) is 24.4 Å². The molecule has 0 saturated carbocycles. The molecule has 0 spiro atoms. The van der Waals surface area contributed by atoms with E-state index in [2.05, 4.69) is 5.32 Å². The monoisotopic (exact) mass is 396 g/mol. The van der Waals surface area contributed by atoms with Gasteiger partial charge >= 0.3 is 5.97 Å². The molecule has 0 aliphatic carbocycles. The summed E-state index contributed by atoms with van der Waals surface area (Å²) in [5, 5.41) is 2.66. The van der Waals surface area contributed by atoms with E-state index >= 15 is 0 Å². The first-order chi connectivity index (χ1) is 13.9. The van der Waals surface area contributed by atoms with Crippen LogP contribution in [0.1, 0.15) is 24.0 Å². The van der Waals surface area contributed by atoms with Crippen molar-refractivity contribution in [2.75, 3.05) is 30.0 Å². The van der Waals surface area contributed by atoms with Gasteiger partial charge in [0.1, 0.15) is 5.75 Å². The molecule has 1 aliphatic rings. The Labute approximate surface area is 169 Å². The van der Waals surface area contributed by atoms with Crippen LogP contribution in [0.3, 0.4) is 0 Å². The first-order valence-electron chi connectivity index (χ1n) is 9.48. The summed E-state index contributed by atoms with van der Waals surface area (Å²) in [6, 6.07) is 12.6. The standard InChI is InChI=1S/C22H24N2O5/c1-15-5-10-19(16(2)12-15)28-14-22(27)29-13-20(25)23-17-6-8-18(9-7-17)24-11-3-4-21(24)26/h5-10,12H,3-4,11,13-14H2,1-2H3,(H,23,25). The molecule has 0 atom stereocenters. The third-order valence-corrected chi connectivity index (χ3v) is 4.58. The van der Waals surface area contributed by atoms with Gasteiger partial charge in [-0.25, -0.2) is 4.79 Å². The number of nitrogens with zero attached hydrogens (tertiary/aromatic N) is 1. The fourth-order valence-electron chi connectivity index (χ4n) is 3.13. The van der Waals surface area contributed by atoms with Crippen molar-refractivity contribution in [1.29, 1.82) is 0 Å². The zero-order valence-electron chi connectivity index (χ0n) is 16.6. The molecule has 2 aromatic carbocycles. The number of benzene rings is 2. The SMILES string of the molecule is Cc1ccc(OCC(=O)OCC(=O)Nc2ccc(N3CCCC3=O)cc2)c(C)c1. The largest absolute Gasteiger partial charge is 0.482 e. The molecule has 1 saturated heterocycles. The van der Waals surface area contributed by atoms with Gasteiger partial charge in [0.05, 0.1) is 0 Å². The molecule has 2 aromatic rings. The Morgan fingerprint density at radius 1 is 1.07 bits per heavy atom. The minimum absolute atomic E-state index is 0.108. The second-order valence-electron chi connectivity index (χ2n) is 6.96. The molecule has 0 aromatic heterocycles. The third-order valence-electron chi connectivity index (χ3n) is 4.58. The van der Waals surface area contributed by atoms with Crippen molar-refractivity contribution in [2.45, 2.75) is 26.7 Å². The average molecular weight is 396 g/mol. The molecule has 0 unspecified atom stereocenters. The summed E-state index contributed by atoms with van der Waals surface area (Å²) in [5.74, 6) is -0.358. The number of rotatable bonds is 7. The summed E-state index contributed by atoms with van der Waals surface area (Å²) in [7, 11) is 0. The molecule has 0 radical (unpaired) electrons. The Morgan fingerprint density at radius 3 is 2.48 bits per heavy atom. The fourth-order valence-corrected chi connectivity index (χ4v) is 3.13. The number of carbonyl (C=O) groups excluding carboxylic acids is 3. The van der Waals surface area contributed by atoms with E-state index in [0.717, 1.165) is 23.2 Å². The van der Waals surface area contributed by atoms with Crippen LogP contribution in [0.15, 0.2) is 42.5 Å². The van der Waals surface area contributed by atoms with Crippen LogP contribution >= 0.6 is 0 Å².